The summed E-state index contributed by atoms with van der Waals surface area (Å²) >= 11 is 1.59. The van der Waals surface area contributed by atoms with Crippen LogP contribution in [-0.4, -0.2) is 42.7 Å². The van der Waals surface area contributed by atoms with Gasteiger partial charge in [-0.3, -0.25) is 9.79 Å². The number of halogens is 2. The average Bonchev–Trinajstić information content (AvgIpc) is 2.89. The molecule has 6 nitrogen and oxygen atoms in total. The van der Waals surface area contributed by atoms with Crippen molar-refractivity contribution in [1.82, 2.24) is 0 Å². The number of sulfone groups is 1. The molecule has 194 valence electrons. The summed E-state index contributed by atoms with van der Waals surface area (Å²) in [4.78, 5) is 15.6. The van der Waals surface area contributed by atoms with Crippen LogP contribution in [0.3, 0.4) is 0 Å². The number of carboxylic acids is 1. The number of hydrogen-bond acceptors (Lipinski definition) is 6. The van der Waals surface area contributed by atoms with Gasteiger partial charge in [0.15, 0.2) is 15.0 Å². The van der Waals surface area contributed by atoms with Gasteiger partial charge in [-0.25, -0.2) is 8.42 Å². The highest BCUT2D eigenvalue weighted by molar-refractivity contribution is 8.14. The molecule has 1 heterocycles. The number of thioether (sulfide) groups is 1. The lowest BCUT2D eigenvalue weighted by atomic mass is 9.98. The van der Waals surface area contributed by atoms with Crippen molar-refractivity contribution in [3.63, 3.8) is 0 Å². The van der Waals surface area contributed by atoms with Crippen molar-refractivity contribution < 1.29 is 27.1 Å². The van der Waals surface area contributed by atoms with Crippen molar-refractivity contribution in [2.24, 2.45) is 4.99 Å². The third kappa shape index (κ3) is 6.75. The maximum absolute atomic E-state index is 15.2. The van der Waals surface area contributed by atoms with Crippen LogP contribution in [0, 0.1) is 0 Å². The van der Waals surface area contributed by atoms with Gasteiger partial charge >= 0.3 is 5.97 Å². The van der Waals surface area contributed by atoms with Gasteiger partial charge < -0.3 is 10.4 Å². The molecular formula is C27H26F2N2O4S2. The number of alkyl halides is 2. The van der Waals surface area contributed by atoms with Crippen LogP contribution >= 0.6 is 11.8 Å². The second kappa shape index (κ2) is 11.4. The molecule has 0 saturated heterocycles. The van der Waals surface area contributed by atoms with E-state index in [9.17, 15) is 18.3 Å². The van der Waals surface area contributed by atoms with Crippen molar-refractivity contribution in [3.8, 4) is 0 Å². The first-order chi connectivity index (χ1) is 17.6. The molecule has 0 fully saturated rings. The number of rotatable bonds is 9. The number of anilines is 1. The molecule has 2 N–H and O–H groups in total. The minimum absolute atomic E-state index is 0.135. The molecule has 1 aliphatic heterocycles. The third-order valence-corrected chi connectivity index (χ3v) is 8.81. The molecule has 1 aliphatic rings. The van der Waals surface area contributed by atoms with Gasteiger partial charge in [0.25, 0.3) is 5.92 Å². The van der Waals surface area contributed by atoms with E-state index in [1.54, 1.807) is 54.2 Å². The van der Waals surface area contributed by atoms with Gasteiger partial charge in [-0.15, -0.1) is 0 Å². The monoisotopic (exact) mass is 544 g/mol. The molecule has 4 rings (SSSR count). The fraction of sp³-hybridized carbons (Fsp3) is 0.259. The summed E-state index contributed by atoms with van der Waals surface area (Å²) in [7, 11) is -3.93. The summed E-state index contributed by atoms with van der Waals surface area (Å²) in [6, 6.07) is 18.8. The molecule has 0 radical (unpaired) electrons. The molecule has 3 aromatic rings. The minimum atomic E-state index is -3.93. The van der Waals surface area contributed by atoms with Gasteiger partial charge in [0, 0.05) is 35.0 Å². The largest absolute Gasteiger partial charge is 0.481 e. The first kappa shape index (κ1) is 26.8. The first-order valence-electron chi connectivity index (χ1n) is 11.7. The Bertz CT molecular complexity index is 1360. The van der Waals surface area contributed by atoms with Crippen LogP contribution in [0.5, 0.6) is 0 Å². The molecule has 0 amide bonds. The lowest BCUT2D eigenvalue weighted by Gasteiger charge is -2.19. The molecule has 0 bridgehead atoms. The summed E-state index contributed by atoms with van der Waals surface area (Å²) in [5.41, 5.74) is 0.675. The molecule has 0 aromatic heterocycles. The number of carboxylic acid groups (broad SMARTS) is 1. The normalized spacial score (nSPS) is 15.0. The standard InChI is InChI=1S/C27H26F2N2O4S2/c28-27(29,21-7-11-23(12-8-21)31-26-30-15-4-16-36-26)22-9-13-24(14-10-22)37(34,35)18-20(17-25(32)33)19-5-2-1-3-6-19/h1-3,5-14,20H,4,15-18H2,(H,30,31)(H,32,33). The highest BCUT2D eigenvalue weighted by Gasteiger charge is 2.34. The summed E-state index contributed by atoms with van der Waals surface area (Å²) < 4.78 is 56.5. The van der Waals surface area contributed by atoms with E-state index in [-0.39, 0.29) is 22.4 Å². The number of aliphatic imine (C=N–C) groups is 1. The summed E-state index contributed by atoms with van der Waals surface area (Å²) in [5.74, 6) is -4.72. The topological polar surface area (TPSA) is 95.8 Å². The first-order valence-corrected chi connectivity index (χ1v) is 14.3. The van der Waals surface area contributed by atoms with E-state index in [0.29, 0.717) is 11.3 Å². The summed E-state index contributed by atoms with van der Waals surface area (Å²) in [5, 5.41) is 13.1. The fourth-order valence-electron chi connectivity index (χ4n) is 4.03. The molecule has 1 unspecified atom stereocenters. The molecule has 37 heavy (non-hydrogen) atoms. The fourth-order valence-corrected chi connectivity index (χ4v) is 6.45. The van der Waals surface area contributed by atoms with Crippen LogP contribution in [-0.2, 0) is 20.6 Å². The number of nitrogens with one attached hydrogen (secondary N) is 1. The molecule has 1 atom stereocenters. The minimum Gasteiger partial charge on any atom is -0.481 e. The second-order valence-electron chi connectivity index (χ2n) is 8.68. The van der Waals surface area contributed by atoms with Crippen LogP contribution in [0.25, 0.3) is 0 Å². The second-order valence-corrected chi connectivity index (χ2v) is 11.8. The molecule has 0 saturated carbocycles. The van der Waals surface area contributed by atoms with E-state index in [0.717, 1.165) is 48.2 Å². The maximum atomic E-state index is 15.2. The van der Waals surface area contributed by atoms with Crippen molar-refractivity contribution in [2.45, 2.75) is 29.6 Å². The highest BCUT2D eigenvalue weighted by atomic mass is 32.2. The quantitative estimate of drug-likeness (QED) is 0.355. The predicted octanol–water partition coefficient (Wildman–Crippen LogP) is 5.76. The van der Waals surface area contributed by atoms with Crippen LogP contribution in [0.1, 0.15) is 35.4 Å². The average molecular weight is 545 g/mol. The van der Waals surface area contributed by atoms with E-state index in [1.807, 2.05) is 0 Å². The van der Waals surface area contributed by atoms with Gasteiger partial charge in [0.1, 0.15) is 0 Å². The molecule has 0 spiro atoms. The number of carbonyl (C=O) groups is 1. The van der Waals surface area contributed by atoms with E-state index < -0.39 is 33.4 Å². The van der Waals surface area contributed by atoms with Crippen LogP contribution in [0.15, 0.2) is 88.8 Å². The number of hydrogen-bond donors (Lipinski definition) is 2. The van der Waals surface area contributed by atoms with Crippen molar-refractivity contribution in [1.29, 1.82) is 0 Å². The molecular weight excluding hydrogens is 518 g/mol. The molecule has 0 aliphatic carbocycles. The van der Waals surface area contributed by atoms with Gasteiger partial charge in [0.05, 0.1) is 17.1 Å². The van der Waals surface area contributed by atoms with Crippen LogP contribution < -0.4 is 5.32 Å². The van der Waals surface area contributed by atoms with Gasteiger partial charge in [-0.2, -0.15) is 8.78 Å². The summed E-state index contributed by atoms with van der Waals surface area (Å²) in [6.45, 7) is 0.740. The Hall–Kier alpha value is -3.24. The van der Waals surface area contributed by atoms with Gasteiger partial charge in [-0.05, 0) is 36.2 Å². The Morgan fingerprint density at radius 2 is 1.62 bits per heavy atom. The van der Waals surface area contributed by atoms with E-state index in [2.05, 4.69) is 10.3 Å². The lowest BCUT2D eigenvalue weighted by Crippen LogP contribution is -2.19. The zero-order valence-corrected chi connectivity index (χ0v) is 21.4. The lowest BCUT2D eigenvalue weighted by molar-refractivity contribution is -0.137. The number of nitrogens with zero attached hydrogens (tertiary/aromatic N) is 1. The smallest absolute Gasteiger partial charge is 0.303 e. The number of aliphatic carboxylic acids is 1. The van der Waals surface area contributed by atoms with Crippen molar-refractivity contribution in [2.75, 3.05) is 23.4 Å². The Labute approximate surface area is 218 Å². The maximum Gasteiger partial charge on any atom is 0.303 e. The summed E-state index contributed by atoms with van der Waals surface area (Å²) in [6.07, 6.45) is 0.646. The van der Waals surface area contributed by atoms with Crippen molar-refractivity contribution in [3.05, 3.63) is 95.6 Å². The SMILES string of the molecule is O=C(O)CC(CS(=O)(=O)c1ccc(C(F)(F)c2ccc(NC3=NCCCS3)cc2)cc1)c1ccccc1. The van der Waals surface area contributed by atoms with E-state index in [1.165, 1.54) is 12.1 Å². The third-order valence-electron chi connectivity index (χ3n) is 5.98. The van der Waals surface area contributed by atoms with E-state index >= 15 is 8.78 Å². The Balaban J connectivity index is 1.50. The highest BCUT2D eigenvalue weighted by Crippen LogP contribution is 2.37. The Kier molecular flexibility index (Phi) is 8.29. The van der Waals surface area contributed by atoms with Crippen LogP contribution in [0.2, 0.25) is 0 Å². The number of benzene rings is 3. The van der Waals surface area contributed by atoms with Gasteiger partial charge in [0.2, 0.25) is 0 Å². The molecule has 10 heteroatoms. The van der Waals surface area contributed by atoms with Crippen LogP contribution in [0.4, 0.5) is 14.5 Å². The zero-order chi connectivity index (χ0) is 26.5. The van der Waals surface area contributed by atoms with Gasteiger partial charge in [-0.1, -0.05) is 66.4 Å². The Morgan fingerprint density at radius 1 is 1.00 bits per heavy atom. The van der Waals surface area contributed by atoms with Crippen molar-refractivity contribution >= 4 is 38.4 Å². The molecule has 3 aromatic carbocycles. The number of amidine groups is 1. The predicted molar refractivity (Wildman–Crippen MR) is 142 cm³/mol. The van der Waals surface area contributed by atoms with E-state index in [4.69, 9.17) is 0 Å². The zero-order valence-electron chi connectivity index (χ0n) is 19.8. The Morgan fingerprint density at radius 3 is 2.19 bits per heavy atom.